The SMILES string of the molecule is CCCCC#Cc1ccc(C#Cc2ccc(Cl)cc2F)cc1. The Hall–Kier alpha value is -2.22. The Morgan fingerprint density at radius 2 is 1.64 bits per heavy atom. The summed E-state index contributed by atoms with van der Waals surface area (Å²) >= 11 is 5.71. The average molecular weight is 311 g/mol. The van der Waals surface area contributed by atoms with Gasteiger partial charge >= 0.3 is 0 Å². The summed E-state index contributed by atoms with van der Waals surface area (Å²) < 4.78 is 13.6. The molecule has 0 spiro atoms. The van der Waals surface area contributed by atoms with Gasteiger partial charge in [0.25, 0.3) is 0 Å². The molecule has 0 aliphatic carbocycles. The molecule has 0 atom stereocenters. The Morgan fingerprint density at radius 3 is 2.27 bits per heavy atom. The minimum Gasteiger partial charge on any atom is -0.206 e. The van der Waals surface area contributed by atoms with Crippen molar-refractivity contribution in [3.05, 3.63) is 70.0 Å². The lowest BCUT2D eigenvalue weighted by Gasteiger charge is -1.95. The lowest BCUT2D eigenvalue weighted by Crippen LogP contribution is -1.83. The van der Waals surface area contributed by atoms with Crippen LogP contribution >= 0.6 is 11.6 Å². The maximum absolute atomic E-state index is 13.6. The molecule has 0 nitrogen and oxygen atoms in total. The molecule has 2 aromatic carbocycles. The van der Waals surface area contributed by atoms with E-state index < -0.39 is 5.82 Å². The summed E-state index contributed by atoms with van der Waals surface area (Å²) in [5, 5.41) is 0.369. The van der Waals surface area contributed by atoms with E-state index in [1.54, 1.807) is 12.1 Å². The van der Waals surface area contributed by atoms with Gasteiger partial charge in [0.1, 0.15) is 5.82 Å². The molecule has 0 fully saturated rings. The zero-order chi connectivity index (χ0) is 15.8. The Balaban J connectivity index is 2.08. The van der Waals surface area contributed by atoms with Crippen molar-refractivity contribution >= 4 is 11.6 Å². The fraction of sp³-hybridized carbons (Fsp3) is 0.200. The number of benzene rings is 2. The van der Waals surface area contributed by atoms with Crippen molar-refractivity contribution in [1.29, 1.82) is 0 Å². The van der Waals surface area contributed by atoms with E-state index in [2.05, 4.69) is 30.6 Å². The molecule has 2 heteroatoms. The van der Waals surface area contributed by atoms with Crippen LogP contribution in [0.1, 0.15) is 42.9 Å². The average Bonchev–Trinajstić information content (AvgIpc) is 2.52. The number of rotatable bonds is 2. The third-order valence-corrected chi connectivity index (χ3v) is 3.28. The third kappa shape index (κ3) is 4.96. The summed E-state index contributed by atoms with van der Waals surface area (Å²) in [5.74, 6) is 11.6. The summed E-state index contributed by atoms with van der Waals surface area (Å²) in [6.07, 6.45) is 3.21. The van der Waals surface area contributed by atoms with Crippen molar-refractivity contribution in [2.45, 2.75) is 26.2 Å². The van der Waals surface area contributed by atoms with Gasteiger partial charge in [-0.1, -0.05) is 48.6 Å². The second-order valence-corrected chi connectivity index (χ2v) is 5.29. The molecule has 0 aliphatic rings. The van der Waals surface area contributed by atoms with Crippen LogP contribution in [0, 0.1) is 29.5 Å². The standard InChI is InChI=1S/C20H16ClF/c1-2-3-4-5-6-16-7-9-17(10-8-16)11-12-18-13-14-19(21)15-20(18)22/h7-10,13-15H,2-4H2,1H3. The molecule has 0 unspecified atom stereocenters. The Kier molecular flexibility index (Phi) is 6.08. The molecule has 2 rings (SSSR count). The Labute approximate surface area is 136 Å². The van der Waals surface area contributed by atoms with E-state index in [1.165, 1.54) is 6.07 Å². The van der Waals surface area contributed by atoms with Gasteiger partial charge in [-0.15, -0.1) is 0 Å². The summed E-state index contributed by atoms with van der Waals surface area (Å²) in [7, 11) is 0. The third-order valence-electron chi connectivity index (χ3n) is 3.05. The molecule has 0 saturated heterocycles. The van der Waals surface area contributed by atoms with Crippen LogP contribution < -0.4 is 0 Å². The fourth-order valence-corrected chi connectivity index (χ4v) is 1.96. The van der Waals surface area contributed by atoms with E-state index in [-0.39, 0.29) is 0 Å². The van der Waals surface area contributed by atoms with Gasteiger partial charge in [-0.3, -0.25) is 0 Å². The molecule has 0 saturated carbocycles. The molecule has 0 aliphatic heterocycles. The Morgan fingerprint density at radius 1 is 0.955 bits per heavy atom. The molecule has 0 bridgehead atoms. The van der Waals surface area contributed by atoms with Gasteiger partial charge in [-0.25, -0.2) is 4.39 Å². The highest BCUT2D eigenvalue weighted by atomic mass is 35.5. The number of halogens is 2. The van der Waals surface area contributed by atoms with Gasteiger partial charge in [0, 0.05) is 22.6 Å². The highest BCUT2D eigenvalue weighted by Gasteiger charge is 1.99. The zero-order valence-electron chi connectivity index (χ0n) is 12.4. The number of hydrogen-bond acceptors (Lipinski definition) is 0. The van der Waals surface area contributed by atoms with Gasteiger partial charge < -0.3 is 0 Å². The van der Waals surface area contributed by atoms with Crippen molar-refractivity contribution in [3.8, 4) is 23.7 Å². The summed E-state index contributed by atoms with van der Waals surface area (Å²) in [6.45, 7) is 2.15. The van der Waals surface area contributed by atoms with Crippen molar-refractivity contribution in [2.24, 2.45) is 0 Å². The van der Waals surface area contributed by atoms with Gasteiger partial charge in [0.2, 0.25) is 0 Å². The van der Waals surface area contributed by atoms with Crippen LogP contribution in [0.25, 0.3) is 0 Å². The van der Waals surface area contributed by atoms with Gasteiger partial charge in [0.05, 0.1) is 5.56 Å². The predicted octanol–water partition coefficient (Wildman–Crippen LogP) is 5.42. The molecule has 2 aromatic rings. The Bertz CT molecular complexity index is 752. The normalized spacial score (nSPS) is 9.41. The maximum atomic E-state index is 13.6. The van der Waals surface area contributed by atoms with E-state index in [0.29, 0.717) is 10.6 Å². The lowest BCUT2D eigenvalue weighted by molar-refractivity contribution is 0.624. The first kappa shape index (κ1) is 16.2. The van der Waals surface area contributed by atoms with Crippen molar-refractivity contribution < 1.29 is 4.39 Å². The van der Waals surface area contributed by atoms with Crippen LogP contribution in [0.2, 0.25) is 5.02 Å². The summed E-state index contributed by atoms with van der Waals surface area (Å²) in [5.41, 5.74) is 2.14. The summed E-state index contributed by atoms with van der Waals surface area (Å²) in [6, 6.07) is 12.1. The minimum absolute atomic E-state index is 0.341. The number of hydrogen-bond donors (Lipinski definition) is 0. The first-order valence-corrected chi connectivity index (χ1v) is 7.63. The zero-order valence-corrected chi connectivity index (χ0v) is 13.2. The van der Waals surface area contributed by atoms with Gasteiger partial charge in [-0.05, 0) is 48.9 Å². The smallest absolute Gasteiger partial charge is 0.140 e. The van der Waals surface area contributed by atoms with E-state index >= 15 is 0 Å². The second-order valence-electron chi connectivity index (χ2n) is 4.86. The molecule has 0 N–H and O–H groups in total. The largest absolute Gasteiger partial charge is 0.206 e. The van der Waals surface area contributed by atoms with E-state index in [0.717, 1.165) is 30.4 Å². The number of unbranched alkanes of at least 4 members (excludes halogenated alkanes) is 2. The van der Waals surface area contributed by atoms with Crippen molar-refractivity contribution in [3.63, 3.8) is 0 Å². The van der Waals surface area contributed by atoms with E-state index in [9.17, 15) is 4.39 Å². The molecule has 0 heterocycles. The molecule has 110 valence electrons. The van der Waals surface area contributed by atoms with Crippen LogP contribution in [0.3, 0.4) is 0 Å². The lowest BCUT2D eigenvalue weighted by atomic mass is 10.1. The second kappa shape index (κ2) is 8.28. The van der Waals surface area contributed by atoms with E-state index in [4.69, 9.17) is 11.6 Å². The van der Waals surface area contributed by atoms with Crippen LogP contribution in [0.5, 0.6) is 0 Å². The van der Waals surface area contributed by atoms with Crippen LogP contribution in [-0.4, -0.2) is 0 Å². The maximum Gasteiger partial charge on any atom is 0.140 e. The highest BCUT2D eigenvalue weighted by Crippen LogP contribution is 2.13. The molecule has 0 radical (unpaired) electrons. The topological polar surface area (TPSA) is 0 Å². The van der Waals surface area contributed by atoms with Crippen LogP contribution in [0.15, 0.2) is 42.5 Å². The fourth-order valence-electron chi connectivity index (χ4n) is 1.80. The van der Waals surface area contributed by atoms with Crippen molar-refractivity contribution in [2.75, 3.05) is 0 Å². The van der Waals surface area contributed by atoms with Crippen molar-refractivity contribution in [1.82, 2.24) is 0 Å². The van der Waals surface area contributed by atoms with Crippen LogP contribution in [-0.2, 0) is 0 Å². The molecular weight excluding hydrogens is 295 g/mol. The molecule has 0 aromatic heterocycles. The minimum atomic E-state index is -0.404. The molecular formula is C20H16ClF. The molecule has 22 heavy (non-hydrogen) atoms. The quantitative estimate of drug-likeness (QED) is 0.513. The summed E-state index contributed by atoms with van der Waals surface area (Å²) in [4.78, 5) is 0. The van der Waals surface area contributed by atoms with Gasteiger partial charge in [0.15, 0.2) is 0 Å². The first-order valence-electron chi connectivity index (χ1n) is 7.25. The predicted molar refractivity (Wildman–Crippen MR) is 90.2 cm³/mol. The highest BCUT2D eigenvalue weighted by molar-refractivity contribution is 6.30. The monoisotopic (exact) mass is 310 g/mol. The van der Waals surface area contributed by atoms with Crippen LogP contribution in [0.4, 0.5) is 4.39 Å². The van der Waals surface area contributed by atoms with Gasteiger partial charge in [-0.2, -0.15) is 0 Å². The molecule has 0 amide bonds. The van der Waals surface area contributed by atoms with E-state index in [1.807, 2.05) is 24.3 Å². The first-order chi connectivity index (χ1) is 10.7.